The first-order valence-electron chi connectivity index (χ1n) is 12.7. The Morgan fingerprint density at radius 1 is 1.18 bits per heavy atom. The highest BCUT2D eigenvalue weighted by atomic mass is 16.5. The van der Waals surface area contributed by atoms with Gasteiger partial charge in [-0.05, 0) is 35.9 Å². The van der Waals surface area contributed by atoms with Gasteiger partial charge < -0.3 is 24.4 Å². The van der Waals surface area contributed by atoms with Crippen molar-refractivity contribution in [1.29, 1.82) is 0 Å². The fraction of sp³-hybridized carbons (Fsp3) is 0.321. The fourth-order valence-electron chi connectivity index (χ4n) is 5.37. The Morgan fingerprint density at radius 2 is 2.03 bits per heavy atom. The van der Waals surface area contributed by atoms with E-state index in [2.05, 4.69) is 25.5 Å². The van der Waals surface area contributed by atoms with Crippen LogP contribution in [0.3, 0.4) is 0 Å². The normalized spacial score (nSPS) is 16.2. The van der Waals surface area contributed by atoms with Crippen LogP contribution in [0.25, 0.3) is 10.9 Å². The summed E-state index contributed by atoms with van der Waals surface area (Å²) in [6, 6.07) is 12.9. The molecule has 2 aromatic heterocycles. The molecule has 200 valence electrons. The molecule has 2 aromatic carbocycles. The number of para-hydroxylation sites is 1. The van der Waals surface area contributed by atoms with E-state index >= 15 is 0 Å². The molecule has 0 saturated carbocycles. The second-order valence-electron chi connectivity index (χ2n) is 9.80. The molecule has 0 bridgehead atoms. The smallest absolute Gasteiger partial charge is 0.272 e. The molecule has 4 heterocycles. The van der Waals surface area contributed by atoms with Crippen LogP contribution in [0, 0.1) is 0 Å². The fourth-order valence-corrected chi connectivity index (χ4v) is 5.37. The summed E-state index contributed by atoms with van der Waals surface area (Å²) in [5.41, 5.74) is 2.44. The largest absolute Gasteiger partial charge is 0.494 e. The van der Waals surface area contributed by atoms with Crippen molar-refractivity contribution >= 4 is 34.2 Å². The van der Waals surface area contributed by atoms with Gasteiger partial charge in [-0.2, -0.15) is 10.1 Å². The third-order valence-electron chi connectivity index (χ3n) is 7.36. The van der Waals surface area contributed by atoms with Crippen molar-refractivity contribution in [2.24, 2.45) is 0 Å². The molecule has 0 unspecified atom stereocenters. The predicted molar refractivity (Wildman–Crippen MR) is 143 cm³/mol. The summed E-state index contributed by atoms with van der Waals surface area (Å²) in [6.45, 7) is 1.26. The Balaban J connectivity index is 1.19. The molecule has 1 saturated heterocycles. The molecule has 11 nitrogen and oxygen atoms in total. The van der Waals surface area contributed by atoms with Gasteiger partial charge in [0.25, 0.3) is 5.91 Å². The summed E-state index contributed by atoms with van der Waals surface area (Å²) in [4.78, 5) is 37.2. The summed E-state index contributed by atoms with van der Waals surface area (Å²) in [5, 5.41) is 10.5. The Labute approximate surface area is 224 Å². The number of fused-ring (bicyclic) bond motifs is 2. The molecule has 1 fully saturated rings. The van der Waals surface area contributed by atoms with Gasteiger partial charge in [0.2, 0.25) is 5.95 Å². The zero-order valence-electron chi connectivity index (χ0n) is 21.7. The van der Waals surface area contributed by atoms with E-state index < -0.39 is 5.60 Å². The van der Waals surface area contributed by atoms with Gasteiger partial charge in [-0.1, -0.05) is 12.1 Å². The van der Waals surface area contributed by atoms with Crippen molar-refractivity contribution in [3.63, 3.8) is 0 Å². The molecule has 0 radical (unpaired) electrons. The lowest BCUT2D eigenvalue weighted by molar-refractivity contribution is -0.00583. The molecule has 2 aliphatic rings. The zero-order chi connectivity index (χ0) is 27.0. The highest BCUT2D eigenvalue weighted by Crippen LogP contribution is 2.40. The van der Waals surface area contributed by atoms with Gasteiger partial charge in [0.15, 0.2) is 5.78 Å². The number of aromatic amines is 1. The number of hydrogen-bond acceptors (Lipinski definition) is 9. The van der Waals surface area contributed by atoms with E-state index in [0.717, 1.165) is 10.9 Å². The maximum atomic E-state index is 13.6. The molecule has 4 aromatic rings. The number of amides is 1. The number of pyridine rings is 1. The number of nitrogens with one attached hydrogen (secondary N) is 2. The van der Waals surface area contributed by atoms with Gasteiger partial charge in [-0.25, -0.2) is 10.1 Å². The second-order valence-corrected chi connectivity index (χ2v) is 9.80. The Morgan fingerprint density at radius 3 is 2.77 bits per heavy atom. The summed E-state index contributed by atoms with van der Waals surface area (Å²) in [6.07, 6.45) is 2.76. The highest BCUT2D eigenvalue weighted by Gasteiger charge is 2.44. The van der Waals surface area contributed by atoms with Crippen LogP contribution in [0.1, 0.15) is 45.7 Å². The van der Waals surface area contributed by atoms with Crippen molar-refractivity contribution in [3.8, 4) is 11.5 Å². The number of rotatable bonds is 6. The van der Waals surface area contributed by atoms with E-state index in [4.69, 9.17) is 14.2 Å². The predicted octanol–water partition coefficient (Wildman–Crippen LogP) is 3.89. The van der Waals surface area contributed by atoms with Crippen molar-refractivity contribution < 1.29 is 23.8 Å². The maximum absolute atomic E-state index is 13.6. The van der Waals surface area contributed by atoms with Crippen LogP contribution in [-0.2, 0) is 11.3 Å². The topological polar surface area (TPSA) is 132 Å². The molecular weight excluding hydrogens is 500 g/mol. The maximum Gasteiger partial charge on any atom is 0.272 e. The summed E-state index contributed by atoms with van der Waals surface area (Å²) < 4.78 is 17.3. The number of ketones is 1. The lowest BCUT2D eigenvalue weighted by Crippen LogP contribution is -2.52. The highest BCUT2D eigenvalue weighted by molar-refractivity contribution is 6.01. The molecule has 1 spiro atoms. The number of aromatic nitrogens is 4. The van der Waals surface area contributed by atoms with Crippen molar-refractivity contribution in [3.05, 3.63) is 65.6 Å². The number of methoxy groups -OCH3 is 2. The standard InChI is InChI=1S/C28H28N6O5/c1-37-15-17-12-21(32-25-19(17)4-3-5-24(25)38-2)26(36)34-10-8-28(9-11-34)14-22(35)20-13-18(6-7-23(20)39-28)31-27-29-16-30-33-27/h3-7,12-13,16H,8-11,14-15H2,1-2H3,(H2,29,30,31,33). The van der Waals surface area contributed by atoms with E-state index in [1.807, 2.05) is 24.3 Å². The molecule has 0 atom stereocenters. The third-order valence-corrected chi connectivity index (χ3v) is 7.36. The minimum atomic E-state index is -0.637. The number of H-pyrrole nitrogens is 1. The van der Waals surface area contributed by atoms with Gasteiger partial charge in [0, 0.05) is 44.1 Å². The van der Waals surface area contributed by atoms with Crippen LogP contribution in [0.5, 0.6) is 11.5 Å². The van der Waals surface area contributed by atoms with Crippen molar-refractivity contribution in [1.82, 2.24) is 25.1 Å². The van der Waals surface area contributed by atoms with E-state index in [1.54, 1.807) is 37.3 Å². The monoisotopic (exact) mass is 528 g/mol. The van der Waals surface area contributed by atoms with Crippen LogP contribution in [0.15, 0.2) is 48.8 Å². The van der Waals surface area contributed by atoms with E-state index in [-0.39, 0.29) is 18.1 Å². The first-order chi connectivity index (χ1) is 19.0. The number of hydrogen-bond donors (Lipinski definition) is 2. The average Bonchev–Trinajstić information content (AvgIpc) is 3.46. The number of carbonyl (C=O) groups excluding carboxylic acids is 2. The van der Waals surface area contributed by atoms with Crippen LogP contribution >= 0.6 is 0 Å². The Bertz CT molecular complexity index is 1550. The van der Waals surface area contributed by atoms with Gasteiger partial charge in [-0.3, -0.25) is 9.59 Å². The Hall–Kier alpha value is -4.51. The number of carbonyl (C=O) groups is 2. The first kappa shape index (κ1) is 24.8. The molecule has 39 heavy (non-hydrogen) atoms. The number of benzene rings is 2. The number of Topliss-reactive ketones (excluding diaryl/α,β-unsaturated/α-hetero) is 1. The summed E-state index contributed by atoms with van der Waals surface area (Å²) in [5.74, 6) is 1.50. The van der Waals surface area contributed by atoms with Crippen LogP contribution in [0.2, 0.25) is 0 Å². The van der Waals surface area contributed by atoms with Crippen LogP contribution in [0.4, 0.5) is 11.6 Å². The Kier molecular flexibility index (Phi) is 6.35. The van der Waals surface area contributed by atoms with Gasteiger partial charge in [-0.15, -0.1) is 0 Å². The molecule has 6 rings (SSSR count). The number of anilines is 2. The molecular formula is C28H28N6O5. The summed E-state index contributed by atoms with van der Waals surface area (Å²) in [7, 11) is 3.21. The molecule has 1 amide bonds. The van der Waals surface area contributed by atoms with Gasteiger partial charge in [0.1, 0.15) is 34.6 Å². The minimum Gasteiger partial charge on any atom is -0.494 e. The second kappa shape index (κ2) is 9.99. The number of piperidine rings is 1. The number of likely N-dealkylation sites (tertiary alicyclic amines) is 1. The van der Waals surface area contributed by atoms with Crippen molar-refractivity contribution in [2.75, 3.05) is 32.6 Å². The molecule has 0 aliphatic carbocycles. The molecule has 11 heteroatoms. The summed E-state index contributed by atoms with van der Waals surface area (Å²) >= 11 is 0. The SMILES string of the molecule is COCc1cc(C(=O)N2CCC3(CC2)CC(=O)c2cc(Nc4ncn[nH]4)ccc2O3)nc2c(OC)cccc12. The van der Waals surface area contributed by atoms with Crippen LogP contribution < -0.4 is 14.8 Å². The average molecular weight is 529 g/mol. The lowest BCUT2D eigenvalue weighted by Gasteiger charge is -2.44. The van der Waals surface area contributed by atoms with E-state index in [0.29, 0.717) is 72.4 Å². The molecule has 2 aliphatic heterocycles. The van der Waals surface area contributed by atoms with Crippen LogP contribution in [-0.4, -0.2) is 69.7 Å². The zero-order valence-corrected chi connectivity index (χ0v) is 21.7. The number of nitrogens with zero attached hydrogens (tertiary/aromatic N) is 4. The quantitative estimate of drug-likeness (QED) is 0.382. The number of ether oxygens (including phenoxy) is 3. The lowest BCUT2D eigenvalue weighted by atomic mass is 9.82. The third kappa shape index (κ3) is 4.65. The first-order valence-corrected chi connectivity index (χ1v) is 12.7. The van der Waals surface area contributed by atoms with Crippen molar-refractivity contribution in [2.45, 2.75) is 31.5 Å². The van der Waals surface area contributed by atoms with Gasteiger partial charge >= 0.3 is 0 Å². The van der Waals surface area contributed by atoms with E-state index in [1.165, 1.54) is 6.33 Å². The molecule has 2 N–H and O–H groups in total. The minimum absolute atomic E-state index is 0.0183. The van der Waals surface area contributed by atoms with E-state index in [9.17, 15) is 9.59 Å². The van der Waals surface area contributed by atoms with Gasteiger partial charge in [0.05, 0.1) is 25.7 Å².